The summed E-state index contributed by atoms with van der Waals surface area (Å²) in [4.78, 5) is 23.6. The lowest BCUT2D eigenvalue weighted by Crippen LogP contribution is -2.29. The quantitative estimate of drug-likeness (QED) is 0.302. The molecule has 0 radical (unpaired) electrons. The monoisotopic (exact) mass is 497 g/mol. The molecular weight excluding hydrogens is 470 g/mol. The molecule has 1 aromatic carbocycles. The highest BCUT2D eigenvalue weighted by Gasteiger charge is 2.41. The molecular formula is C28H27N5O2S. The molecule has 0 amide bonds. The van der Waals surface area contributed by atoms with Gasteiger partial charge < -0.3 is 19.5 Å². The topological polar surface area (TPSA) is 72.3 Å². The van der Waals surface area contributed by atoms with E-state index in [1.54, 1.807) is 24.7 Å². The first-order valence-corrected chi connectivity index (χ1v) is 12.1. The zero-order valence-electron chi connectivity index (χ0n) is 20.4. The summed E-state index contributed by atoms with van der Waals surface area (Å²) in [6.45, 7) is 4.76. The molecule has 5 rings (SSSR count). The minimum Gasteiger partial charge on any atom is -0.465 e. The largest absolute Gasteiger partial charge is 0.465 e. The Balaban J connectivity index is 1.64. The fourth-order valence-electron chi connectivity index (χ4n) is 5.01. The van der Waals surface area contributed by atoms with Gasteiger partial charge in [0.25, 0.3) is 0 Å². The molecule has 4 aromatic rings. The zero-order valence-corrected chi connectivity index (χ0v) is 21.2. The Morgan fingerprint density at radius 3 is 2.53 bits per heavy atom. The van der Waals surface area contributed by atoms with E-state index in [4.69, 9.17) is 17.0 Å². The number of rotatable bonds is 6. The number of pyridine rings is 2. The van der Waals surface area contributed by atoms with E-state index in [2.05, 4.69) is 37.7 Å². The lowest BCUT2D eigenvalue weighted by atomic mass is 9.96. The van der Waals surface area contributed by atoms with Crippen LogP contribution in [0.4, 0.5) is 0 Å². The second kappa shape index (κ2) is 9.91. The van der Waals surface area contributed by atoms with Crippen LogP contribution in [0.3, 0.4) is 0 Å². The number of carbonyl (C=O) groups is 1. The molecule has 0 aliphatic carbocycles. The molecule has 1 aliphatic heterocycles. The number of carbonyl (C=O) groups excluding carboxylic acids is 1. The molecule has 1 fully saturated rings. The van der Waals surface area contributed by atoms with Crippen molar-refractivity contribution in [2.24, 2.45) is 0 Å². The number of esters is 1. The number of para-hydroxylation sites is 1. The van der Waals surface area contributed by atoms with Crippen LogP contribution in [0.5, 0.6) is 0 Å². The molecule has 4 heterocycles. The van der Waals surface area contributed by atoms with E-state index in [1.165, 1.54) is 7.11 Å². The number of methoxy groups -OCH3 is 1. The highest BCUT2D eigenvalue weighted by molar-refractivity contribution is 7.80. The van der Waals surface area contributed by atoms with Gasteiger partial charge in [-0.15, -0.1) is 0 Å². The molecule has 2 atom stereocenters. The van der Waals surface area contributed by atoms with E-state index in [-0.39, 0.29) is 18.1 Å². The smallest absolute Gasteiger partial charge is 0.339 e. The maximum absolute atomic E-state index is 12.5. The normalized spacial score (nSPS) is 17.2. The van der Waals surface area contributed by atoms with Gasteiger partial charge in [0.2, 0.25) is 0 Å². The summed E-state index contributed by atoms with van der Waals surface area (Å²) >= 11 is 5.84. The minimum atomic E-state index is -0.367. The van der Waals surface area contributed by atoms with Gasteiger partial charge in [0.15, 0.2) is 5.11 Å². The van der Waals surface area contributed by atoms with Crippen LogP contribution in [0.15, 0.2) is 79.3 Å². The van der Waals surface area contributed by atoms with E-state index in [0.717, 1.165) is 33.9 Å². The van der Waals surface area contributed by atoms with E-state index >= 15 is 0 Å². The van der Waals surface area contributed by atoms with Crippen LogP contribution in [0.2, 0.25) is 0 Å². The van der Waals surface area contributed by atoms with Crippen molar-refractivity contribution in [2.75, 3.05) is 7.11 Å². The average molecular weight is 498 g/mol. The fraction of sp³-hybridized carbons (Fsp3) is 0.214. The SMILES string of the molecule is COC(=O)c1ccccc1-n1c(C)cc([C@@H]2[C@H](c3ccccn3)NC(=S)N2Cc2ccncc2)c1C. The van der Waals surface area contributed by atoms with E-state index in [9.17, 15) is 4.79 Å². The fourth-order valence-corrected chi connectivity index (χ4v) is 5.31. The molecule has 1 N–H and O–H groups in total. The van der Waals surface area contributed by atoms with Crippen LogP contribution in [-0.2, 0) is 11.3 Å². The Bertz CT molecular complexity index is 1400. The third-order valence-corrected chi connectivity index (χ3v) is 6.99. The van der Waals surface area contributed by atoms with Crippen LogP contribution in [-0.4, -0.2) is 37.6 Å². The van der Waals surface area contributed by atoms with Gasteiger partial charge in [-0.3, -0.25) is 9.97 Å². The maximum Gasteiger partial charge on any atom is 0.339 e. The van der Waals surface area contributed by atoms with E-state index in [1.807, 2.05) is 55.5 Å². The number of nitrogens with zero attached hydrogens (tertiary/aromatic N) is 4. The Morgan fingerprint density at radius 2 is 1.81 bits per heavy atom. The lowest BCUT2D eigenvalue weighted by molar-refractivity contribution is 0.0600. The first-order chi connectivity index (χ1) is 17.5. The number of ether oxygens (including phenoxy) is 1. The molecule has 3 aromatic heterocycles. The van der Waals surface area contributed by atoms with Gasteiger partial charge in [-0.05, 0) is 79.7 Å². The summed E-state index contributed by atoms with van der Waals surface area (Å²) in [5.41, 5.74) is 6.50. The van der Waals surface area contributed by atoms with E-state index < -0.39 is 0 Å². The molecule has 0 spiro atoms. The third kappa shape index (κ3) is 4.24. The predicted octanol–water partition coefficient (Wildman–Crippen LogP) is 4.84. The molecule has 182 valence electrons. The van der Waals surface area contributed by atoms with Gasteiger partial charge in [-0.1, -0.05) is 18.2 Å². The Morgan fingerprint density at radius 1 is 1.06 bits per heavy atom. The molecule has 1 saturated heterocycles. The zero-order chi connectivity index (χ0) is 25.2. The number of thiocarbonyl (C=S) groups is 1. The first kappa shape index (κ1) is 23.7. The summed E-state index contributed by atoms with van der Waals surface area (Å²) < 4.78 is 7.17. The van der Waals surface area contributed by atoms with Crippen molar-refractivity contribution in [2.45, 2.75) is 32.5 Å². The van der Waals surface area contributed by atoms with Crippen molar-refractivity contribution >= 4 is 23.3 Å². The summed E-state index contributed by atoms with van der Waals surface area (Å²) in [6.07, 6.45) is 5.39. The van der Waals surface area contributed by atoms with Crippen LogP contribution in [0, 0.1) is 13.8 Å². The predicted molar refractivity (Wildman–Crippen MR) is 142 cm³/mol. The molecule has 0 bridgehead atoms. The number of nitrogens with one attached hydrogen (secondary N) is 1. The number of aromatic nitrogens is 3. The van der Waals surface area contributed by atoms with Crippen molar-refractivity contribution < 1.29 is 9.53 Å². The van der Waals surface area contributed by atoms with Gasteiger partial charge in [0.1, 0.15) is 0 Å². The summed E-state index contributed by atoms with van der Waals surface area (Å²) in [7, 11) is 1.40. The molecule has 1 aliphatic rings. The van der Waals surface area contributed by atoms with Crippen molar-refractivity contribution in [1.82, 2.24) is 24.8 Å². The molecule has 8 heteroatoms. The number of hydrogen-bond acceptors (Lipinski definition) is 5. The van der Waals surface area contributed by atoms with Crippen molar-refractivity contribution in [1.29, 1.82) is 0 Å². The average Bonchev–Trinajstić information content (AvgIpc) is 3.39. The second-order valence-corrected chi connectivity index (χ2v) is 9.17. The highest BCUT2D eigenvalue weighted by atomic mass is 32.1. The maximum atomic E-state index is 12.5. The Kier molecular flexibility index (Phi) is 6.52. The lowest BCUT2D eigenvalue weighted by Gasteiger charge is -2.28. The standard InChI is InChI=1S/C28H27N5O2S/c1-18-16-22(19(2)33(18)24-10-5-4-8-21(24)27(34)35-3)26-25(23-9-6-7-13-30-23)31-28(36)32(26)17-20-11-14-29-15-12-20/h4-16,25-26H,17H2,1-3H3,(H,31,36)/t25-,26+/m0/s1. The number of hydrogen-bond donors (Lipinski definition) is 1. The van der Waals surface area contributed by atoms with Gasteiger partial charge in [-0.2, -0.15) is 0 Å². The summed E-state index contributed by atoms with van der Waals surface area (Å²) in [5.74, 6) is -0.367. The molecule has 7 nitrogen and oxygen atoms in total. The molecule has 0 unspecified atom stereocenters. The third-order valence-electron chi connectivity index (χ3n) is 6.64. The summed E-state index contributed by atoms with van der Waals surface area (Å²) in [6, 6.07) is 19.4. The first-order valence-electron chi connectivity index (χ1n) is 11.7. The van der Waals surface area contributed by atoms with Crippen LogP contribution < -0.4 is 5.32 Å². The van der Waals surface area contributed by atoms with Crippen molar-refractivity contribution in [3.8, 4) is 5.69 Å². The Hall–Kier alpha value is -4.04. The van der Waals surface area contributed by atoms with E-state index in [0.29, 0.717) is 17.2 Å². The number of aryl methyl sites for hydroxylation is 1. The number of benzene rings is 1. The molecule has 0 saturated carbocycles. The summed E-state index contributed by atoms with van der Waals surface area (Å²) in [5, 5.41) is 4.19. The van der Waals surface area contributed by atoms with Crippen LogP contribution in [0.1, 0.15) is 50.7 Å². The van der Waals surface area contributed by atoms with Crippen LogP contribution in [0.25, 0.3) is 5.69 Å². The Labute approximate surface area is 215 Å². The van der Waals surface area contributed by atoms with Crippen molar-refractivity contribution in [3.05, 3.63) is 113 Å². The van der Waals surface area contributed by atoms with Gasteiger partial charge >= 0.3 is 5.97 Å². The highest BCUT2D eigenvalue weighted by Crippen LogP contribution is 2.42. The second-order valence-electron chi connectivity index (χ2n) is 8.78. The minimum absolute atomic E-state index is 0.106. The van der Waals surface area contributed by atoms with Crippen molar-refractivity contribution in [3.63, 3.8) is 0 Å². The van der Waals surface area contributed by atoms with Gasteiger partial charge in [-0.25, -0.2) is 4.79 Å². The molecule has 36 heavy (non-hydrogen) atoms. The van der Waals surface area contributed by atoms with Crippen LogP contribution >= 0.6 is 12.2 Å². The van der Waals surface area contributed by atoms with Gasteiger partial charge in [0.05, 0.1) is 36.1 Å². The van der Waals surface area contributed by atoms with Gasteiger partial charge in [0, 0.05) is 36.5 Å².